The van der Waals surface area contributed by atoms with Crippen LogP contribution in [0.5, 0.6) is 0 Å². The zero-order valence-corrected chi connectivity index (χ0v) is 16.3. The number of nitrogens with zero attached hydrogens (tertiary/aromatic N) is 1. The van der Waals surface area contributed by atoms with E-state index in [-0.39, 0.29) is 17.4 Å². The summed E-state index contributed by atoms with van der Waals surface area (Å²) in [5, 5.41) is 1.99. The largest absolute Gasteiger partial charge is 0.335 e. The number of hydrogen-bond donors (Lipinski definition) is 0. The van der Waals surface area contributed by atoms with E-state index in [1.54, 1.807) is 11.3 Å². The van der Waals surface area contributed by atoms with Crippen molar-refractivity contribution in [3.05, 3.63) is 21.9 Å². The van der Waals surface area contributed by atoms with Crippen molar-refractivity contribution in [1.29, 1.82) is 0 Å². The molecule has 2 saturated heterocycles. The summed E-state index contributed by atoms with van der Waals surface area (Å²) in [4.78, 5) is 16.4. The first-order valence-electron chi connectivity index (χ1n) is 9.63. The van der Waals surface area contributed by atoms with Crippen molar-refractivity contribution in [2.24, 2.45) is 5.92 Å². The fourth-order valence-electron chi connectivity index (χ4n) is 4.90. The molecule has 0 bridgehead atoms. The van der Waals surface area contributed by atoms with Crippen molar-refractivity contribution in [2.45, 2.75) is 63.3 Å². The van der Waals surface area contributed by atoms with Gasteiger partial charge in [0.2, 0.25) is 0 Å². The van der Waals surface area contributed by atoms with Crippen LogP contribution in [0.15, 0.2) is 11.4 Å². The fourth-order valence-corrected chi connectivity index (χ4v) is 7.44. The zero-order chi connectivity index (χ0) is 17.4. The minimum atomic E-state index is -2.83. The molecule has 2 atom stereocenters. The molecule has 3 aliphatic rings. The van der Waals surface area contributed by atoms with Crippen LogP contribution >= 0.6 is 11.3 Å². The summed E-state index contributed by atoms with van der Waals surface area (Å²) in [6, 6.07) is 2.49. The molecule has 0 unspecified atom stereocenters. The summed E-state index contributed by atoms with van der Waals surface area (Å²) in [5.74, 6) is 1.78. The second-order valence-electron chi connectivity index (χ2n) is 7.92. The standard InChI is InChI=1S/C19H27NO3S2/c21-19(20-9-3-5-14-4-1-2-6-17(14)20)16-12-18(24-13-16)15-7-10-25(22,23)11-8-15/h12-15,17H,1-11H2/t14-,17-/m1/s1. The SMILES string of the molecule is O=C(c1csc(C2CCS(=O)(=O)CC2)c1)N1CCC[C@H]2CCCC[C@H]21. The van der Waals surface area contributed by atoms with Gasteiger partial charge in [-0.25, -0.2) is 8.42 Å². The molecule has 25 heavy (non-hydrogen) atoms. The van der Waals surface area contributed by atoms with Gasteiger partial charge in [-0.2, -0.15) is 0 Å². The highest BCUT2D eigenvalue weighted by atomic mass is 32.2. The van der Waals surface area contributed by atoms with Crippen molar-refractivity contribution >= 4 is 27.1 Å². The van der Waals surface area contributed by atoms with Gasteiger partial charge in [-0.05, 0) is 56.4 Å². The summed E-state index contributed by atoms with van der Waals surface area (Å²) >= 11 is 1.64. The average molecular weight is 382 g/mol. The van der Waals surface area contributed by atoms with Gasteiger partial charge in [-0.3, -0.25) is 4.79 Å². The van der Waals surface area contributed by atoms with Crippen LogP contribution in [0, 0.1) is 5.92 Å². The minimum absolute atomic E-state index is 0.197. The summed E-state index contributed by atoms with van der Waals surface area (Å²) < 4.78 is 23.2. The van der Waals surface area contributed by atoms with Gasteiger partial charge in [-0.15, -0.1) is 11.3 Å². The van der Waals surface area contributed by atoms with Crippen LogP contribution < -0.4 is 0 Å². The predicted molar refractivity (Wildman–Crippen MR) is 101 cm³/mol. The van der Waals surface area contributed by atoms with Crippen molar-refractivity contribution in [2.75, 3.05) is 18.1 Å². The zero-order valence-electron chi connectivity index (χ0n) is 14.7. The van der Waals surface area contributed by atoms with E-state index in [0.717, 1.165) is 24.9 Å². The van der Waals surface area contributed by atoms with Gasteiger partial charge >= 0.3 is 0 Å². The number of carbonyl (C=O) groups excluding carboxylic acids is 1. The molecule has 0 radical (unpaired) electrons. The van der Waals surface area contributed by atoms with Gasteiger partial charge in [0.15, 0.2) is 0 Å². The maximum absolute atomic E-state index is 13.1. The van der Waals surface area contributed by atoms with Crippen molar-refractivity contribution < 1.29 is 13.2 Å². The van der Waals surface area contributed by atoms with E-state index in [0.29, 0.717) is 30.7 Å². The van der Waals surface area contributed by atoms with Gasteiger partial charge in [0.25, 0.3) is 5.91 Å². The Labute approximate surface area is 154 Å². The molecule has 1 aromatic heterocycles. The topological polar surface area (TPSA) is 54.5 Å². The van der Waals surface area contributed by atoms with Crippen LogP contribution in [-0.2, 0) is 9.84 Å². The predicted octanol–water partition coefficient (Wildman–Crippen LogP) is 3.84. The average Bonchev–Trinajstić information content (AvgIpc) is 3.10. The Morgan fingerprint density at radius 1 is 1.04 bits per heavy atom. The van der Waals surface area contributed by atoms with Gasteiger partial charge < -0.3 is 4.90 Å². The third kappa shape index (κ3) is 3.65. The van der Waals surface area contributed by atoms with E-state index in [4.69, 9.17) is 0 Å². The first-order chi connectivity index (χ1) is 12.0. The Hall–Kier alpha value is -0.880. The molecule has 6 heteroatoms. The third-order valence-corrected chi connectivity index (χ3v) is 9.14. The number of hydrogen-bond acceptors (Lipinski definition) is 4. The third-order valence-electron chi connectivity index (χ3n) is 6.33. The molecule has 138 valence electrons. The van der Waals surface area contributed by atoms with Gasteiger partial charge in [0, 0.05) is 22.8 Å². The highest BCUT2D eigenvalue weighted by Crippen LogP contribution is 2.37. The van der Waals surface area contributed by atoms with E-state index in [1.165, 1.54) is 30.6 Å². The minimum Gasteiger partial charge on any atom is -0.335 e. The lowest BCUT2D eigenvalue weighted by atomic mass is 9.78. The number of fused-ring (bicyclic) bond motifs is 1. The number of carbonyl (C=O) groups is 1. The van der Waals surface area contributed by atoms with Crippen molar-refractivity contribution in [3.8, 4) is 0 Å². The molecule has 1 aromatic rings. The van der Waals surface area contributed by atoms with E-state index < -0.39 is 9.84 Å². The molecule has 1 aliphatic carbocycles. The number of rotatable bonds is 2. The van der Waals surface area contributed by atoms with Crippen molar-refractivity contribution in [3.63, 3.8) is 0 Å². The lowest BCUT2D eigenvalue weighted by Gasteiger charge is -2.44. The molecule has 0 N–H and O–H groups in total. The number of amides is 1. The molecule has 2 aliphatic heterocycles. The number of likely N-dealkylation sites (tertiary alicyclic amines) is 1. The van der Waals surface area contributed by atoms with E-state index >= 15 is 0 Å². The van der Waals surface area contributed by atoms with Crippen LogP contribution in [0.4, 0.5) is 0 Å². The number of piperidine rings is 1. The second-order valence-corrected chi connectivity index (χ2v) is 11.2. The molecule has 3 heterocycles. The molecule has 1 saturated carbocycles. The van der Waals surface area contributed by atoms with Crippen LogP contribution in [0.3, 0.4) is 0 Å². The molecule has 4 rings (SSSR count). The van der Waals surface area contributed by atoms with E-state index in [9.17, 15) is 13.2 Å². The molecule has 4 nitrogen and oxygen atoms in total. The number of sulfone groups is 1. The Morgan fingerprint density at radius 2 is 1.76 bits per heavy atom. The van der Waals surface area contributed by atoms with Crippen molar-refractivity contribution in [1.82, 2.24) is 4.90 Å². The molecular weight excluding hydrogens is 354 g/mol. The fraction of sp³-hybridized carbons (Fsp3) is 0.737. The lowest BCUT2D eigenvalue weighted by Crippen LogP contribution is -2.49. The Kier molecular flexibility index (Phi) is 4.93. The second kappa shape index (κ2) is 7.03. The summed E-state index contributed by atoms with van der Waals surface area (Å²) in [6.07, 6.45) is 8.81. The maximum atomic E-state index is 13.1. The quantitative estimate of drug-likeness (QED) is 0.782. The normalized spacial score (nSPS) is 30.0. The Bertz CT molecular complexity index is 724. The summed E-state index contributed by atoms with van der Waals surface area (Å²) in [5.41, 5.74) is 0.819. The maximum Gasteiger partial charge on any atom is 0.254 e. The summed E-state index contributed by atoms with van der Waals surface area (Å²) in [7, 11) is -2.83. The lowest BCUT2D eigenvalue weighted by molar-refractivity contribution is 0.0391. The van der Waals surface area contributed by atoms with Crippen LogP contribution in [-0.4, -0.2) is 43.3 Å². The van der Waals surface area contributed by atoms with Gasteiger partial charge in [0.1, 0.15) is 9.84 Å². The first kappa shape index (κ1) is 17.5. The first-order valence-corrected chi connectivity index (χ1v) is 12.3. The molecule has 0 spiro atoms. The van der Waals surface area contributed by atoms with Crippen LogP contribution in [0.1, 0.15) is 72.5 Å². The summed E-state index contributed by atoms with van der Waals surface area (Å²) in [6.45, 7) is 0.896. The molecule has 3 fully saturated rings. The molecule has 1 amide bonds. The van der Waals surface area contributed by atoms with Gasteiger partial charge in [0.05, 0.1) is 17.1 Å². The van der Waals surface area contributed by atoms with Crippen LogP contribution in [0.2, 0.25) is 0 Å². The highest BCUT2D eigenvalue weighted by molar-refractivity contribution is 7.91. The highest BCUT2D eigenvalue weighted by Gasteiger charge is 2.36. The molecule has 0 aromatic carbocycles. The Balaban J connectivity index is 1.47. The van der Waals surface area contributed by atoms with E-state index in [2.05, 4.69) is 4.90 Å². The monoisotopic (exact) mass is 381 g/mol. The number of thiophene rings is 1. The van der Waals surface area contributed by atoms with Gasteiger partial charge in [-0.1, -0.05) is 12.8 Å². The Morgan fingerprint density at radius 3 is 2.56 bits per heavy atom. The van der Waals surface area contributed by atoms with E-state index in [1.807, 2.05) is 11.4 Å². The smallest absolute Gasteiger partial charge is 0.254 e. The molecular formula is C19H27NO3S2. The van der Waals surface area contributed by atoms with Crippen LogP contribution in [0.25, 0.3) is 0 Å².